The van der Waals surface area contributed by atoms with E-state index < -0.39 is 11.8 Å². The summed E-state index contributed by atoms with van der Waals surface area (Å²) in [6, 6.07) is 0. The molecule has 0 aliphatic carbocycles. The van der Waals surface area contributed by atoms with Gasteiger partial charge < -0.3 is 39.5 Å². The van der Waals surface area contributed by atoms with Crippen LogP contribution in [0.5, 0.6) is 5.88 Å². The summed E-state index contributed by atoms with van der Waals surface area (Å²) in [5.74, 6) is 0.0448. The molecule has 2 aromatic rings. The van der Waals surface area contributed by atoms with Gasteiger partial charge in [0, 0.05) is 38.9 Å². The van der Waals surface area contributed by atoms with Gasteiger partial charge in [-0.25, -0.2) is 14.8 Å². The standard InChI is InChI=1S/C25H41N6O6P/c1-25(2,3)37-24(33)30-8-7-17(12-30)14-36-20-11-27-22-21(29-20)18(23(32)28-19(26)15-34-4)13-31(22)16-35-9-6-10-38-5/h11,13,17,19,38H,6-10,12,14-16,26H2,1-5H3,(H,28,32). The molecule has 1 saturated heterocycles. The summed E-state index contributed by atoms with van der Waals surface area (Å²) in [5.41, 5.74) is 6.62. The van der Waals surface area contributed by atoms with Gasteiger partial charge in [0.2, 0.25) is 5.88 Å². The number of methoxy groups -OCH3 is 1. The second kappa shape index (κ2) is 14.0. The van der Waals surface area contributed by atoms with Crippen LogP contribution < -0.4 is 15.8 Å². The van der Waals surface area contributed by atoms with Gasteiger partial charge in [0.15, 0.2) is 5.65 Å². The van der Waals surface area contributed by atoms with Gasteiger partial charge in [0.1, 0.15) is 24.0 Å². The predicted octanol–water partition coefficient (Wildman–Crippen LogP) is 2.40. The summed E-state index contributed by atoms with van der Waals surface area (Å²) in [5, 5.41) is 2.72. The highest BCUT2D eigenvalue weighted by Crippen LogP contribution is 2.23. The number of rotatable bonds is 13. The number of hydrogen-bond donors (Lipinski definition) is 2. The third-order valence-corrected chi connectivity index (χ3v) is 6.65. The molecule has 2 aromatic heterocycles. The molecule has 0 bridgehead atoms. The molecule has 0 spiro atoms. The minimum absolute atomic E-state index is 0.136. The number of nitrogens with two attached hydrogens (primary N) is 1. The first-order chi connectivity index (χ1) is 18.1. The van der Waals surface area contributed by atoms with Gasteiger partial charge in [0.05, 0.1) is 25.0 Å². The number of amides is 2. The van der Waals surface area contributed by atoms with Crippen molar-refractivity contribution in [3.63, 3.8) is 0 Å². The van der Waals surface area contributed by atoms with Crippen LogP contribution in [0.4, 0.5) is 4.79 Å². The van der Waals surface area contributed by atoms with E-state index in [0.717, 1.165) is 27.6 Å². The highest BCUT2D eigenvalue weighted by molar-refractivity contribution is 7.36. The molecule has 3 rings (SSSR count). The quantitative estimate of drug-likeness (QED) is 0.217. The number of nitrogens with zero attached hydrogens (tertiary/aromatic N) is 4. The van der Waals surface area contributed by atoms with Crippen LogP contribution in [0.2, 0.25) is 0 Å². The third kappa shape index (κ3) is 8.76. The summed E-state index contributed by atoms with van der Waals surface area (Å²) in [7, 11) is 2.40. The smallest absolute Gasteiger partial charge is 0.410 e. The first kappa shape index (κ1) is 30.0. The molecular weight excluding hydrogens is 511 g/mol. The van der Waals surface area contributed by atoms with E-state index in [1.54, 1.807) is 15.7 Å². The summed E-state index contributed by atoms with van der Waals surface area (Å²) >= 11 is 0. The van der Waals surface area contributed by atoms with Crippen LogP contribution in [0.1, 0.15) is 44.0 Å². The molecule has 13 heteroatoms. The first-order valence-electron chi connectivity index (χ1n) is 12.9. The molecule has 1 aliphatic rings. The number of likely N-dealkylation sites (tertiary alicyclic amines) is 1. The Labute approximate surface area is 225 Å². The zero-order valence-corrected chi connectivity index (χ0v) is 24.0. The Morgan fingerprint density at radius 1 is 1.34 bits per heavy atom. The average molecular weight is 553 g/mol. The van der Waals surface area contributed by atoms with Crippen LogP contribution in [0.25, 0.3) is 11.2 Å². The van der Waals surface area contributed by atoms with E-state index in [9.17, 15) is 9.59 Å². The average Bonchev–Trinajstić information content (AvgIpc) is 3.47. The normalized spacial score (nSPS) is 16.9. The lowest BCUT2D eigenvalue weighted by molar-refractivity contribution is 0.0284. The lowest BCUT2D eigenvalue weighted by Gasteiger charge is -2.24. The minimum Gasteiger partial charge on any atom is -0.476 e. The molecule has 3 atom stereocenters. The van der Waals surface area contributed by atoms with Crippen LogP contribution in [0.3, 0.4) is 0 Å². The van der Waals surface area contributed by atoms with Crippen molar-refractivity contribution in [1.82, 2.24) is 24.8 Å². The maximum Gasteiger partial charge on any atom is 0.410 e. The maximum atomic E-state index is 13.0. The monoisotopic (exact) mass is 552 g/mol. The van der Waals surface area contributed by atoms with Crippen LogP contribution in [0.15, 0.2) is 12.4 Å². The second-order valence-corrected chi connectivity index (χ2v) is 11.5. The molecule has 3 heterocycles. The van der Waals surface area contributed by atoms with Crippen LogP contribution >= 0.6 is 8.58 Å². The topological polar surface area (TPSA) is 143 Å². The maximum absolute atomic E-state index is 13.0. The Balaban J connectivity index is 1.70. The second-order valence-electron chi connectivity index (χ2n) is 10.3. The minimum atomic E-state index is -0.667. The highest BCUT2D eigenvalue weighted by atomic mass is 31.1. The highest BCUT2D eigenvalue weighted by Gasteiger charge is 2.30. The van der Waals surface area contributed by atoms with E-state index in [1.165, 1.54) is 13.3 Å². The van der Waals surface area contributed by atoms with Crippen molar-refractivity contribution in [3.05, 3.63) is 18.0 Å². The molecule has 0 radical (unpaired) electrons. The molecule has 1 fully saturated rings. The number of nitrogens with one attached hydrogen (secondary N) is 1. The fraction of sp³-hybridized carbons (Fsp3) is 0.680. The van der Waals surface area contributed by atoms with E-state index in [1.807, 2.05) is 20.8 Å². The summed E-state index contributed by atoms with van der Waals surface area (Å²) < 4.78 is 24.0. The lowest BCUT2D eigenvalue weighted by atomic mass is 10.1. The van der Waals surface area contributed by atoms with Crippen LogP contribution in [0, 0.1) is 5.92 Å². The van der Waals surface area contributed by atoms with Gasteiger partial charge in [-0.1, -0.05) is 0 Å². The van der Waals surface area contributed by atoms with Crippen molar-refractivity contribution in [2.75, 3.05) is 52.8 Å². The molecule has 3 N–H and O–H groups in total. The van der Waals surface area contributed by atoms with E-state index >= 15 is 0 Å². The van der Waals surface area contributed by atoms with Crippen LogP contribution in [-0.2, 0) is 20.9 Å². The number of fused-ring (bicyclic) bond motifs is 1. The molecule has 3 unspecified atom stereocenters. The molecule has 38 heavy (non-hydrogen) atoms. The Kier molecular flexibility index (Phi) is 11.1. The zero-order valence-electron chi connectivity index (χ0n) is 23.0. The van der Waals surface area contributed by atoms with Crippen molar-refractivity contribution in [3.8, 4) is 5.88 Å². The molecule has 12 nitrogen and oxygen atoms in total. The molecule has 212 valence electrons. The summed E-state index contributed by atoms with van der Waals surface area (Å²) in [4.78, 5) is 36.1. The molecular formula is C25H41N6O6P. The summed E-state index contributed by atoms with van der Waals surface area (Å²) in [6.45, 7) is 10.3. The largest absolute Gasteiger partial charge is 0.476 e. The molecule has 1 aliphatic heterocycles. The number of hydrogen-bond acceptors (Lipinski definition) is 9. The van der Waals surface area contributed by atoms with E-state index in [0.29, 0.717) is 48.9 Å². The lowest BCUT2D eigenvalue weighted by Crippen LogP contribution is -2.44. The predicted molar refractivity (Wildman–Crippen MR) is 146 cm³/mol. The van der Waals surface area contributed by atoms with E-state index in [2.05, 4.69) is 21.9 Å². The van der Waals surface area contributed by atoms with Crippen LogP contribution in [-0.4, -0.2) is 96.0 Å². The van der Waals surface area contributed by atoms with E-state index in [4.69, 9.17) is 24.7 Å². The Hall–Kier alpha value is -2.53. The summed E-state index contributed by atoms with van der Waals surface area (Å²) in [6.07, 6.45) is 5.11. The van der Waals surface area contributed by atoms with Crippen molar-refractivity contribution in [1.29, 1.82) is 0 Å². The zero-order chi connectivity index (χ0) is 27.7. The fourth-order valence-electron chi connectivity index (χ4n) is 4.02. The third-order valence-electron chi connectivity index (χ3n) is 5.80. The Morgan fingerprint density at radius 3 is 2.84 bits per heavy atom. The van der Waals surface area contributed by atoms with Gasteiger partial charge in [-0.05, 0) is 46.4 Å². The molecule has 0 saturated carbocycles. The van der Waals surface area contributed by atoms with Gasteiger partial charge in [-0.3, -0.25) is 4.79 Å². The number of carbonyl (C=O) groups excluding carboxylic acids is 2. The van der Waals surface area contributed by atoms with Crippen molar-refractivity contribution < 1.29 is 28.5 Å². The fourth-order valence-corrected chi connectivity index (χ4v) is 4.51. The van der Waals surface area contributed by atoms with Crippen molar-refractivity contribution >= 4 is 31.7 Å². The van der Waals surface area contributed by atoms with Crippen molar-refractivity contribution in [2.45, 2.75) is 52.1 Å². The van der Waals surface area contributed by atoms with Gasteiger partial charge in [-0.15, -0.1) is 8.58 Å². The van der Waals surface area contributed by atoms with Crippen molar-refractivity contribution in [2.24, 2.45) is 11.7 Å². The first-order valence-corrected chi connectivity index (χ1v) is 14.6. The van der Waals surface area contributed by atoms with Gasteiger partial charge in [-0.2, -0.15) is 0 Å². The molecule has 0 aromatic carbocycles. The Morgan fingerprint density at radius 2 is 2.13 bits per heavy atom. The van der Waals surface area contributed by atoms with E-state index in [-0.39, 0.29) is 31.3 Å². The number of aromatic nitrogens is 3. The van der Waals surface area contributed by atoms with Gasteiger partial charge in [0.25, 0.3) is 5.91 Å². The number of ether oxygens (including phenoxy) is 4. The van der Waals surface area contributed by atoms with Gasteiger partial charge >= 0.3 is 6.09 Å². The SMILES string of the molecule is COCC(N)NC(=O)c1cn(COCCCPC)c2ncc(OCC3CCN(C(=O)OC(C)(C)C)C3)nc12. The Bertz CT molecular complexity index is 1070. The number of carbonyl (C=O) groups is 2. The molecule has 2 amide bonds.